The average Bonchev–Trinajstić information content (AvgIpc) is 2.46. The molecule has 78 valence electrons. The smallest absolute Gasteiger partial charge is 0.299 e. The fourth-order valence-corrected chi connectivity index (χ4v) is 1.90. The van der Waals surface area contributed by atoms with Crippen LogP contribution in [0.25, 0.3) is 0 Å². The van der Waals surface area contributed by atoms with Crippen molar-refractivity contribution >= 4 is 29.0 Å². The van der Waals surface area contributed by atoms with Gasteiger partial charge in [0.25, 0.3) is 11.7 Å². The lowest BCUT2D eigenvalue weighted by atomic mass is 10.1. The van der Waals surface area contributed by atoms with Crippen molar-refractivity contribution in [2.45, 2.75) is 0 Å². The number of carbonyl (C=O) groups is 2. The lowest BCUT2D eigenvalue weighted by Crippen LogP contribution is -2.32. The van der Waals surface area contributed by atoms with E-state index in [1.807, 2.05) is 0 Å². The number of aliphatic hydroxyl groups is 1. The maximum absolute atomic E-state index is 11.5. The molecule has 0 atom stereocenters. The van der Waals surface area contributed by atoms with Crippen LogP contribution in [-0.4, -0.2) is 29.9 Å². The second-order valence-electron chi connectivity index (χ2n) is 3.15. The Morgan fingerprint density at radius 2 is 2.07 bits per heavy atom. The van der Waals surface area contributed by atoms with Crippen molar-refractivity contribution in [3.63, 3.8) is 0 Å². The Morgan fingerprint density at radius 3 is 2.73 bits per heavy atom. The van der Waals surface area contributed by atoms with Gasteiger partial charge in [-0.2, -0.15) is 0 Å². The molecule has 1 amide bonds. The summed E-state index contributed by atoms with van der Waals surface area (Å²) in [5.41, 5.74) is 0.712. The molecule has 0 spiro atoms. The van der Waals surface area contributed by atoms with Crippen LogP contribution in [0.4, 0.5) is 5.69 Å². The Labute approximate surface area is 91.1 Å². The van der Waals surface area contributed by atoms with E-state index < -0.39 is 11.7 Å². The van der Waals surface area contributed by atoms with Crippen molar-refractivity contribution in [2.75, 3.05) is 18.1 Å². The molecule has 4 nitrogen and oxygen atoms in total. The van der Waals surface area contributed by atoms with E-state index in [0.29, 0.717) is 16.3 Å². The molecule has 15 heavy (non-hydrogen) atoms. The van der Waals surface area contributed by atoms with Gasteiger partial charge in [0.1, 0.15) is 0 Å². The van der Waals surface area contributed by atoms with E-state index in [-0.39, 0.29) is 13.2 Å². The van der Waals surface area contributed by atoms with Gasteiger partial charge in [0.05, 0.1) is 22.9 Å². The summed E-state index contributed by atoms with van der Waals surface area (Å²) in [4.78, 5) is 24.2. The highest BCUT2D eigenvalue weighted by atomic mass is 35.5. The minimum absolute atomic E-state index is 0.0846. The number of aliphatic hydroxyl groups excluding tert-OH is 1. The molecule has 0 aromatic heterocycles. The summed E-state index contributed by atoms with van der Waals surface area (Å²) in [6.07, 6.45) is 0. The lowest BCUT2D eigenvalue weighted by Gasteiger charge is -2.15. The van der Waals surface area contributed by atoms with Crippen molar-refractivity contribution < 1.29 is 14.7 Å². The zero-order valence-electron chi connectivity index (χ0n) is 7.74. The molecule has 0 saturated carbocycles. The van der Waals surface area contributed by atoms with Gasteiger partial charge >= 0.3 is 0 Å². The fraction of sp³-hybridized carbons (Fsp3) is 0.200. The standard InChI is InChI=1S/C10H8ClNO3/c11-7-3-1-2-6-8(7)12(4-5-13)10(15)9(6)14/h1-3,13H,4-5H2. The first-order chi connectivity index (χ1) is 7.16. The van der Waals surface area contributed by atoms with Crippen LogP contribution in [0.1, 0.15) is 10.4 Å². The van der Waals surface area contributed by atoms with Crippen LogP contribution in [-0.2, 0) is 4.79 Å². The summed E-state index contributed by atoms with van der Waals surface area (Å²) < 4.78 is 0. The molecule has 0 saturated heterocycles. The number of benzene rings is 1. The first kappa shape index (κ1) is 10.1. The SMILES string of the molecule is O=C1C(=O)N(CCO)c2c(Cl)cccc21. The van der Waals surface area contributed by atoms with E-state index in [9.17, 15) is 9.59 Å². The predicted molar refractivity (Wildman–Crippen MR) is 55.2 cm³/mol. The highest BCUT2D eigenvalue weighted by Gasteiger charge is 2.36. The minimum Gasteiger partial charge on any atom is -0.395 e. The van der Waals surface area contributed by atoms with Crippen LogP contribution < -0.4 is 4.90 Å². The molecule has 0 fully saturated rings. The number of hydrogen-bond donors (Lipinski definition) is 1. The van der Waals surface area contributed by atoms with Gasteiger partial charge in [-0.05, 0) is 12.1 Å². The molecule has 1 aliphatic rings. The van der Waals surface area contributed by atoms with Gasteiger partial charge in [-0.3, -0.25) is 9.59 Å². The fourth-order valence-electron chi connectivity index (χ4n) is 1.63. The van der Waals surface area contributed by atoms with Crippen LogP contribution in [0.2, 0.25) is 5.02 Å². The van der Waals surface area contributed by atoms with Gasteiger partial charge in [0.2, 0.25) is 0 Å². The molecule has 1 aromatic rings. The van der Waals surface area contributed by atoms with Gasteiger partial charge in [0.15, 0.2) is 0 Å². The highest BCUT2D eigenvalue weighted by Crippen LogP contribution is 2.35. The van der Waals surface area contributed by atoms with Crippen LogP contribution >= 0.6 is 11.6 Å². The Hall–Kier alpha value is -1.39. The van der Waals surface area contributed by atoms with E-state index in [0.717, 1.165) is 0 Å². The van der Waals surface area contributed by atoms with E-state index in [2.05, 4.69) is 0 Å². The van der Waals surface area contributed by atoms with E-state index in [4.69, 9.17) is 16.7 Å². The first-order valence-corrected chi connectivity index (χ1v) is 4.80. The number of fused-ring (bicyclic) bond motifs is 1. The number of nitrogens with zero attached hydrogens (tertiary/aromatic N) is 1. The normalized spacial score (nSPS) is 14.7. The Kier molecular flexibility index (Phi) is 2.46. The first-order valence-electron chi connectivity index (χ1n) is 4.42. The maximum Gasteiger partial charge on any atom is 0.299 e. The third-order valence-corrected chi connectivity index (χ3v) is 2.57. The Morgan fingerprint density at radius 1 is 1.33 bits per heavy atom. The van der Waals surface area contributed by atoms with Crippen molar-refractivity contribution in [3.8, 4) is 0 Å². The monoisotopic (exact) mass is 225 g/mol. The lowest BCUT2D eigenvalue weighted by molar-refractivity contribution is -0.114. The Balaban J connectivity index is 2.56. The number of hydrogen-bond acceptors (Lipinski definition) is 3. The summed E-state index contributed by atoms with van der Waals surface area (Å²) >= 11 is 5.90. The largest absolute Gasteiger partial charge is 0.395 e. The van der Waals surface area contributed by atoms with Crippen LogP contribution in [0.3, 0.4) is 0 Å². The van der Waals surface area contributed by atoms with Crippen LogP contribution in [0.5, 0.6) is 0 Å². The van der Waals surface area contributed by atoms with Crippen molar-refractivity contribution in [3.05, 3.63) is 28.8 Å². The topological polar surface area (TPSA) is 57.6 Å². The van der Waals surface area contributed by atoms with Gasteiger partial charge in [-0.15, -0.1) is 0 Å². The molecule has 0 aliphatic carbocycles. The quantitative estimate of drug-likeness (QED) is 0.760. The number of halogens is 1. The number of rotatable bonds is 2. The highest BCUT2D eigenvalue weighted by molar-refractivity contribution is 6.54. The molecule has 1 aromatic carbocycles. The number of amides is 1. The van der Waals surface area contributed by atoms with E-state index in [1.54, 1.807) is 18.2 Å². The second-order valence-corrected chi connectivity index (χ2v) is 3.55. The zero-order valence-corrected chi connectivity index (χ0v) is 8.49. The summed E-state index contributed by atoms with van der Waals surface area (Å²) in [5, 5.41) is 9.15. The molecule has 2 rings (SSSR count). The summed E-state index contributed by atoms with van der Waals surface area (Å²) in [7, 11) is 0. The van der Waals surface area contributed by atoms with E-state index in [1.165, 1.54) is 4.90 Å². The van der Waals surface area contributed by atoms with Gasteiger partial charge in [0, 0.05) is 6.54 Å². The third kappa shape index (κ3) is 1.42. The number of Topliss-reactive ketones (excluding diaryl/α,β-unsaturated/α-hetero) is 1. The van der Waals surface area contributed by atoms with Crippen molar-refractivity contribution in [2.24, 2.45) is 0 Å². The molecular formula is C10H8ClNO3. The summed E-state index contributed by atoms with van der Waals surface area (Å²) in [5.74, 6) is -1.20. The molecule has 1 N–H and O–H groups in total. The number of para-hydroxylation sites is 1. The van der Waals surface area contributed by atoms with Gasteiger partial charge in [-0.25, -0.2) is 0 Å². The van der Waals surface area contributed by atoms with E-state index >= 15 is 0 Å². The number of carbonyl (C=O) groups excluding carboxylic acids is 2. The number of β-amino-alcohol motifs (C(OH)–C–C–N with tert-alkyl or cyclic N) is 1. The molecule has 5 heteroatoms. The predicted octanol–water partition coefficient (Wildman–Crippen LogP) is 0.862. The zero-order chi connectivity index (χ0) is 11.0. The number of anilines is 1. The summed E-state index contributed by atoms with van der Waals surface area (Å²) in [6, 6.07) is 4.78. The molecule has 0 unspecified atom stereocenters. The minimum atomic E-state index is -0.632. The average molecular weight is 226 g/mol. The van der Waals surface area contributed by atoms with Crippen molar-refractivity contribution in [1.82, 2.24) is 0 Å². The Bertz CT molecular complexity index is 444. The molecular weight excluding hydrogens is 218 g/mol. The van der Waals surface area contributed by atoms with Gasteiger partial charge in [-0.1, -0.05) is 17.7 Å². The van der Waals surface area contributed by atoms with Gasteiger partial charge < -0.3 is 10.0 Å². The van der Waals surface area contributed by atoms with Crippen LogP contribution in [0.15, 0.2) is 18.2 Å². The molecule has 1 aliphatic heterocycles. The number of ketones is 1. The third-order valence-electron chi connectivity index (χ3n) is 2.26. The molecule has 0 radical (unpaired) electrons. The molecule has 1 heterocycles. The molecule has 0 bridgehead atoms. The second kappa shape index (κ2) is 3.64. The maximum atomic E-state index is 11.5. The summed E-state index contributed by atoms with van der Waals surface area (Å²) in [6.45, 7) is -0.120. The van der Waals surface area contributed by atoms with Crippen molar-refractivity contribution in [1.29, 1.82) is 0 Å². The van der Waals surface area contributed by atoms with Crippen LogP contribution in [0, 0.1) is 0 Å².